The lowest BCUT2D eigenvalue weighted by Crippen LogP contribution is -2.59. The topological polar surface area (TPSA) is 140 Å². The second-order valence-corrected chi connectivity index (χ2v) is 21.8. The van der Waals surface area contributed by atoms with Gasteiger partial charge in [-0.15, -0.1) is 11.8 Å². The molecule has 1 aromatic heterocycles. The van der Waals surface area contributed by atoms with Gasteiger partial charge < -0.3 is 34.0 Å². The minimum Gasteiger partial charge on any atom is -0.492 e. The van der Waals surface area contributed by atoms with Gasteiger partial charge in [-0.2, -0.15) is 0 Å². The first-order valence-electron chi connectivity index (χ1n) is 18.7. The Hall–Kier alpha value is -3.24. The molecule has 5 atom stereocenters. The number of hydrogen-bond acceptors (Lipinski definition) is 10. The van der Waals surface area contributed by atoms with Crippen LogP contribution in [0.15, 0.2) is 57.6 Å². The van der Waals surface area contributed by atoms with Gasteiger partial charge in [0.25, 0.3) is 5.69 Å². The van der Waals surface area contributed by atoms with Gasteiger partial charge in [-0.3, -0.25) is 10.1 Å². The van der Waals surface area contributed by atoms with E-state index < -0.39 is 18.7 Å². The maximum absolute atomic E-state index is 14.0. The van der Waals surface area contributed by atoms with Gasteiger partial charge in [0.05, 0.1) is 41.6 Å². The van der Waals surface area contributed by atoms with Crippen LogP contribution in [0.1, 0.15) is 62.8 Å². The summed E-state index contributed by atoms with van der Waals surface area (Å²) < 4.78 is 27.1. The number of carbonyl (C=O) groups is 1. The number of furan rings is 1. The molecule has 2 aliphatic carbocycles. The summed E-state index contributed by atoms with van der Waals surface area (Å²) in [5, 5.41) is 14.4. The van der Waals surface area contributed by atoms with E-state index >= 15 is 0 Å². The second kappa shape index (κ2) is 15.9. The number of halogens is 1. The number of nitrogens with one attached hydrogen (secondary N) is 3. The summed E-state index contributed by atoms with van der Waals surface area (Å²) in [6, 6.07) is 13.2. The quantitative estimate of drug-likeness (QED) is 0.0778. The van der Waals surface area contributed by atoms with Gasteiger partial charge in [-0.25, -0.2) is 10.2 Å². The van der Waals surface area contributed by atoms with Crippen LogP contribution in [0, 0.1) is 16.0 Å². The predicted octanol–water partition coefficient (Wildman–Crippen LogP) is 8.36. The summed E-state index contributed by atoms with van der Waals surface area (Å²) in [6.45, 7) is 10.7. The first kappa shape index (κ1) is 38.0. The van der Waals surface area contributed by atoms with Crippen molar-refractivity contribution in [1.82, 2.24) is 15.6 Å². The normalized spacial score (nSPS) is 24.8. The van der Waals surface area contributed by atoms with Crippen molar-refractivity contribution in [3.8, 4) is 11.5 Å². The number of carbonyl (C=O) groups excluding carboxylic acids is 1. The number of urea groups is 1. The van der Waals surface area contributed by atoms with Gasteiger partial charge in [-0.05, 0) is 109 Å². The summed E-state index contributed by atoms with van der Waals surface area (Å²) >= 11 is 5.82. The molecule has 53 heavy (non-hydrogen) atoms. The Labute approximate surface area is 324 Å². The Morgan fingerprint density at radius 3 is 2.64 bits per heavy atom. The number of hydrazine groups is 1. The molecule has 0 radical (unpaired) electrons. The van der Waals surface area contributed by atoms with E-state index in [-0.39, 0.29) is 35.2 Å². The minimum atomic E-state index is -1.96. The fourth-order valence-electron chi connectivity index (χ4n) is 7.87. The maximum atomic E-state index is 14.0. The van der Waals surface area contributed by atoms with Gasteiger partial charge in [0.15, 0.2) is 8.32 Å². The first-order valence-corrected chi connectivity index (χ1v) is 23.7. The molecule has 2 aromatic carbocycles. The van der Waals surface area contributed by atoms with Crippen LogP contribution in [0.5, 0.6) is 11.5 Å². The summed E-state index contributed by atoms with van der Waals surface area (Å²) in [6.07, 6.45) is 6.02. The standard InChI is InChI=1S/C38H50BrN5O7SSi/c1-5-40-37(45)43-20-25-16-31(49-21-24-9-10-24)35(39)36-34(25)38(19-29(43)22-50-53(3,4)6-2)32(51-36)17-27(18-33(38)52-23-30-8-7-15-48-30)42-41-26-11-13-28(14-12-26)44(46)47/h7-8,11-16,24,27,29,32-33,41-42H,5-6,9-10,17-23H2,1-4H3,(H,40,45)/t27-,29+,32-,33-,38-/m1/s1. The fourth-order valence-corrected chi connectivity index (χ4v) is 10.8. The lowest BCUT2D eigenvalue weighted by atomic mass is 9.63. The number of benzene rings is 2. The number of nitro benzene ring substituents is 1. The van der Waals surface area contributed by atoms with Crippen molar-refractivity contribution in [2.45, 2.75) is 106 Å². The summed E-state index contributed by atoms with van der Waals surface area (Å²) in [5.41, 5.74) is 9.40. The smallest absolute Gasteiger partial charge is 0.318 e. The Morgan fingerprint density at radius 1 is 1.17 bits per heavy atom. The molecule has 0 unspecified atom stereocenters. The van der Waals surface area contributed by atoms with Crippen LogP contribution in [0.4, 0.5) is 16.2 Å². The highest BCUT2D eigenvalue weighted by Crippen LogP contribution is 2.62. The molecule has 12 nitrogen and oxygen atoms in total. The van der Waals surface area contributed by atoms with Crippen LogP contribution < -0.4 is 25.6 Å². The van der Waals surface area contributed by atoms with Crippen molar-refractivity contribution >= 4 is 53.4 Å². The summed E-state index contributed by atoms with van der Waals surface area (Å²) in [7, 11) is -1.96. The number of nitrogens with zero attached hydrogens (tertiary/aromatic N) is 2. The maximum Gasteiger partial charge on any atom is 0.318 e. The molecule has 0 saturated heterocycles. The number of ether oxygens (including phenoxy) is 2. The van der Waals surface area contributed by atoms with E-state index in [2.05, 4.69) is 58.2 Å². The molecule has 4 aliphatic rings. The first-order chi connectivity index (χ1) is 25.5. The Morgan fingerprint density at radius 2 is 1.96 bits per heavy atom. The third kappa shape index (κ3) is 8.09. The van der Waals surface area contributed by atoms with Crippen LogP contribution in [-0.2, 0) is 22.1 Å². The highest BCUT2D eigenvalue weighted by atomic mass is 79.9. The monoisotopic (exact) mass is 827 g/mol. The van der Waals surface area contributed by atoms with E-state index in [1.165, 1.54) is 25.0 Å². The van der Waals surface area contributed by atoms with E-state index in [0.717, 1.165) is 51.0 Å². The molecule has 3 heterocycles. The van der Waals surface area contributed by atoms with Crippen molar-refractivity contribution in [2.75, 3.05) is 25.2 Å². The summed E-state index contributed by atoms with van der Waals surface area (Å²) in [5.74, 6) is 3.71. The number of non-ortho nitro benzene ring substituents is 1. The molecule has 0 bridgehead atoms. The lowest BCUT2D eigenvalue weighted by molar-refractivity contribution is -0.384. The average molecular weight is 829 g/mol. The van der Waals surface area contributed by atoms with Gasteiger partial charge in [0.2, 0.25) is 0 Å². The average Bonchev–Trinajstić information content (AvgIpc) is 3.75. The highest BCUT2D eigenvalue weighted by molar-refractivity contribution is 9.10. The molecule has 3 aromatic rings. The van der Waals surface area contributed by atoms with E-state index in [1.54, 1.807) is 18.4 Å². The van der Waals surface area contributed by atoms with Gasteiger partial charge in [-0.1, -0.05) is 6.92 Å². The number of thioether (sulfide) groups is 1. The van der Waals surface area contributed by atoms with Crippen molar-refractivity contribution in [1.29, 1.82) is 0 Å². The molecule has 2 aliphatic heterocycles. The molecule has 286 valence electrons. The Bertz CT molecular complexity index is 1780. The molecule has 7 rings (SSSR count). The van der Waals surface area contributed by atoms with Crippen LogP contribution in [0.2, 0.25) is 19.1 Å². The van der Waals surface area contributed by atoms with Crippen LogP contribution >= 0.6 is 27.7 Å². The molecule has 2 saturated carbocycles. The Kier molecular flexibility index (Phi) is 11.4. The second-order valence-electron chi connectivity index (χ2n) is 15.3. The van der Waals surface area contributed by atoms with Crippen molar-refractivity contribution in [3.63, 3.8) is 0 Å². The predicted molar refractivity (Wildman–Crippen MR) is 212 cm³/mol. The number of hydrogen-bond donors (Lipinski definition) is 3. The van der Waals surface area contributed by atoms with Gasteiger partial charge in [0.1, 0.15) is 27.8 Å². The number of rotatable bonds is 15. The van der Waals surface area contributed by atoms with E-state index in [9.17, 15) is 14.9 Å². The zero-order valence-electron chi connectivity index (χ0n) is 30.8. The molecular weight excluding hydrogens is 779 g/mol. The largest absolute Gasteiger partial charge is 0.492 e. The third-order valence-electron chi connectivity index (χ3n) is 11.3. The minimum absolute atomic E-state index is 0.000853. The zero-order chi connectivity index (χ0) is 37.3. The van der Waals surface area contributed by atoms with E-state index in [1.807, 2.05) is 35.7 Å². The van der Waals surface area contributed by atoms with Crippen LogP contribution in [0.3, 0.4) is 0 Å². The number of amides is 2. The molecule has 2 fully saturated rings. The van der Waals surface area contributed by atoms with E-state index in [0.29, 0.717) is 50.8 Å². The molecular formula is C38H50BrN5O7SSi. The number of anilines is 1. The Balaban J connectivity index is 1.29. The molecule has 1 spiro atoms. The van der Waals surface area contributed by atoms with Crippen molar-refractivity contribution in [2.24, 2.45) is 5.92 Å². The fraction of sp³-hybridized carbons (Fsp3) is 0.553. The lowest BCUT2D eigenvalue weighted by Gasteiger charge is -2.49. The van der Waals surface area contributed by atoms with Crippen molar-refractivity contribution in [3.05, 3.63) is 80.2 Å². The van der Waals surface area contributed by atoms with E-state index in [4.69, 9.17) is 18.3 Å². The van der Waals surface area contributed by atoms with Gasteiger partial charge in [0, 0.05) is 54.2 Å². The SMILES string of the molecule is CCNC(=O)N1Cc2cc(OCC3CC3)c(Br)c3c2[C@]2(C[C@H]1CO[Si](C)(C)CC)[C@@H](C[C@@H](NNc1ccc([N+](=O)[O-])cc1)C[C@H]2SCc1ccco1)O3. The van der Waals surface area contributed by atoms with Crippen LogP contribution in [0.25, 0.3) is 0 Å². The summed E-state index contributed by atoms with van der Waals surface area (Å²) in [4.78, 5) is 26.9. The zero-order valence-corrected chi connectivity index (χ0v) is 34.2. The molecule has 15 heteroatoms. The molecule has 3 N–H and O–H groups in total. The van der Waals surface area contributed by atoms with Crippen LogP contribution in [-0.4, -0.2) is 67.4 Å². The van der Waals surface area contributed by atoms with Gasteiger partial charge >= 0.3 is 6.03 Å². The van der Waals surface area contributed by atoms with Crippen molar-refractivity contribution < 1.29 is 28.0 Å². The molecule has 2 amide bonds. The number of nitro groups is 1. The third-order valence-corrected chi connectivity index (χ3v) is 16.1. The highest BCUT2D eigenvalue weighted by Gasteiger charge is 2.61.